The number of carbonyl (C=O) groups is 2. The van der Waals surface area contributed by atoms with Crippen molar-refractivity contribution in [2.24, 2.45) is 17.3 Å². The van der Waals surface area contributed by atoms with Crippen molar-refractivity contribution in [2.75, 3.05) is 0 Å². The highest BCUT2D eigenvalue weighted by Crippen LogP contribution is 2.42. The fourth-order valence-electron chi connectivity index (χ4n) is 2.22. The molecule has 6 nitrogen and oxygen atoms in total. The third-order valence-corrected chi connectivity index (χ3v) is 4.41. The molecular weight excluding hydrogens is 324 g/mol. The minimum absolute atomic E-state index is 0.231. The summed E-state index contributed by atoms with van der Waals surface area (Å²) in [6.07, 6.45) is 3.97. The van der Waals surface area contributed by atoms with Crippen LogP contribution in [0, 0.1) is 17.3 Å². The molecule has 0 rings (SSSR count). The van der Waals surface area contributed by atoms with E-state index in [4.69, 9.17) is 10.2 Å². The summed E-state index contributed by atoms with van der Waals surface area (Å²) >= 11 is 0. The Balaban J connectivity index is -0.000000336. The van der Waals surface area contributed by atoms with Crippen molar-refractivity contribution in [3.8, 4) is 0 Å². The van der Waals surface area contributed by atoms with Crippen molar-refractivity contribution >= 4 is 11.9 Å². The lowest BCUT2D eigenvalue weighted by Crippen LogP contribution is -2.47. The van der Waals surface area contributed by atoms with Gasteiger partial charge in [0.2, 0.25) is 0 Å². The molecule has 0 aliphatic carbocycles. The van der Waals surface area contributed by atoms with Crippen molar-refractivity contribution in [2.45, 2.75) is 93.3 Å². The van der Waals surface area contributed by atoms with Crippen LogP contribution < -0.4 is 0 Å². The second-order valence-electron chi connectivity index (χ2n) is 6.89. The Kier molecular flexibility index (Phi) is 16.1. The van der Waals surface area contributed by atoms with Gasteiger partial charge in [0, 0.05) is 5.41 Å². The van der Waals surface area contributed by atoms with Crippen LogP contribution in [0.15, 0.2) is 0 Å². The van der Waals surface area contributed by atoms with Gasteiger partial charge in [0.15, 0.2) is 5.79 Å². The van der Waals surface area contributed by atoms with Gasteiger partial charge in [-0.2, -0.15) is 0 Å². The smallest absolute Gasteiger partial charge is 0.305 e. The fraction of sp³-hybridized carbons (Fsp3) is 0.895. The number of aliphatic hydroxyl groups is 2. The van der Waals surface area contributed by atoms with E-state index in [1.165, 1.54) is 0 Å². The Morgan fingerprint density at radius 2 is 1.04 bits per heavy atom. The van der Waals surface area contributed by atoms with Crippen LogP contribution in [0.3, 0.4) is 0 Å². The molecule has 25 heavy (non-hydrogen) atoms. The van der Waals surface area contributed by atoms with Crippen LogP contribution in [0.4, 0.5) is 0 Å². The quantitative estimate of drug-likeness (QED) is 0.481. The summed E-state index contributed by atoms with van der Waals surface area (Å²) < 4.78 is 0. The van der Waals surface area contributed by atoms with Crippen LogP contribution in [-0.4, -0.2) is 38.2 Å². The monoisotopic (exact) mass is 364 g/mol. The van der Waals surface area contributed by atoms with E-state index < -0.39 is 17.7 Å². The summed E-state index contributed by atoms with van der Waals surface area (Å²) in [6, 6.07) is 0. The number of rotatable bonds is 8. The second kappa shape index (κ2) is 14.1. The lowest BCUT2D eigenvalue weighted by atomic mass is 9.70. The molecule has 0 spiro atoms. The molecule has 0 aromatic carbocycles. The van der Waals surface area contributed by atoms with Gasteiger partial charge < -0.3 is 20.4 Å². The molecule has 0 aromatic heterocycles. The Morgan fingerprint density at radius 3 is 1.16 bits per heavy atom. The van der Waals surface area contributed by atoms with Crippen molar-refractivity contribution < 1.29 is 30.0 Å². The summed E-state index contributed by atoms with van der Waals surface area (Å²) in [5, 5.41) is 35.8. The zero-order valence-corrected chi connectivity index (χ0v) is 17.3. The second-order valence-corrected chi connectivity index (χ2v) is 6.89. The lowest BCUT2D eigenvalue weighted by Gasteiger charge is -2.42. The Hall–Kier alpha value is -1.14. The van der Waals surface area contributed by atoms with Gasteiger partial charge in [-0.05, 0) is 25.7 Å². The number of carboxylic acids is 2. The highest BCUT2D eigenvalue weighted by molar-refractivity contribution is 5.69. The van der Waals surface area contributed by atoms with Gasteiger partial charge in [-0.25, -0.2) is 0 Å². The topological polar surface area (TPSA) is 115 Å². The molecule has 0 aliphatic rings. The van der Waals surface area contributed by atoms with E-state index in [-0.39, 0.29) is 17.3 Å². The molecule has 0 atom stereocenters. The van der Waals surface area contributed by atoms with E-state index in [0.29, 0.717) is 6.42 Å². The zero-order chi connectivity index (χ0) is 20.8. The number of carboxylic acid groups (broad SMARTS) is 2. The van der Waals surface area contributed by atoms with Gasteiger partial charge in [-0.3, -0.25) is 9.59 Å². The Morgan fingerprint density at radius 1 is 0.760 bits per heavy atom. The van der Waals surface area contributed by atoms with E-state index in [0.717, 1.165) is 25.7 Å². The van der Waals surface area contributed by atoms with Crippen LogP contribution >= 0.6 is 0 Å². The molecule has 0 saturated carbocycles. The van der Waals surface area contributed by atoms with Crippen LogP contribution in [0.2, 0.25) is 0 Å². The Bertz CT molecular complexity index is 339. The van der Waals surface area contributed by atoms with E-state index >= 15 is 0 Å². The minimum atomic E-state index is -1.49. The maximum atomic E-state index is 9.92. The molecule has 0 aliphatic heterocycles. The van der Waals surface area contributed by atoms with Gasteiger partial charge >= 0.3 is 11.9 Å². The van der Waals surface area contributed by atoms with Crippen LogP contribution in [0.1, 0.15) is 87.5 Å². The predicted molar refractivity (Wildman–Crippen MR) is 100 cm³/mol. The average Bonchev–Trinajstić information content (AvgIpc) is 2.53. The maximum Gasteiger partial charge on any atom is 0.305 e. The molecule has 0 amide bonds. The van der Waals surface area contributed by atoms with Crippen molar-refractivity contribution in [3.63, 3.8) is 0 Å². The van der Waals surface area contributed by atoms with E-state index in [1.54, 1.807) is 27.7 Å². The zero-order valence-electron chi connectivity index (χ0n) is 17.3. The third-order valence-electron chi connectivity index (χ3n) is 4.41. The third kappa shape index (κ3) is 11.9. The number of aliphatic carboxylic acids is 2. The first-order chi connectivity index (χ1) is 11.3. The van der Waals surface area contributed by atoms with Crippen LogP contribution in [-0.2, 0) is 9.59 Å². The fourth-order valence-corrected chi connectivity index (χ4v) is 2.22. The van der Waals surface area contributed by atoms with Gasteiger partial charge in [0.1, 0.15) is 0 Å². The molecule has 0 radical (unpaired) electrons. The molecular formula is C19H40O6. The predicted octanol–water partition coefficient (Wildman–Crippen LogP) is 4.14. The van der Waals surface area contributed by atoms with Crippen LogP contribution in [0.5, 0.6) is 0 Å². The molecule has 0 fully saturated rings. The summed E-state index contributed by atoms with van der Waals surface area (Å²) in [4.78, 5) is 19.4. The van der Waals surface area contributed by atoms with Gasteiger partial charge in [-0.15, -0.1) is 0 Å². The molecule has 0 saturated heterocycles. The lowest BCUT2D eigenvalue weighted by molar-refractivity contribution is -0.250. The molecule has 0 heterocycles. The summed E-state index contributed by atoms with van der Waals surface area (Å²) in [5.74, 6) is -3.44. The summed E-state index contributed by atoms with van der Waals surface area (Å²) in [7, 11) is 0. The van der Waals surface area contributed by atoms with E-state index in [9.17, 15) is 19.8 Å². The average molecular weight is 365 g/mol. The van der Waals surface area contributed by atoms with Crippen molar-refractivity contribution in [3.05, 3.63) is 0 Å². The standard InChI is InChI=1S/C11H24O2.2C4H8O2/c1-5-9-10(6-2,7-3)11(12,13)8-4;2*1-3(2)4(5)6/h12-13H,5-9H2,1-4H3;2*3H,1-2H3,(H,5,6). The van der Waals surface area contributed by atoms with E-state index in [1.807, 2.05) is 20.8 Å². The molecule has 0 bridgehead atoms. The normalized spacial score (nSPS) is 11.4. The van der Waals surface area contributed by atoms with E-state index in [2.05, 4.69) is 6.92 Å². The van der Waals surface area contributed by atoms with Crippen LogP contribution in [0.25, 0.3) is 0 Å². The molecule has 4 N–H and O–H groups in total. The highest BCUT2D eigenvalue weighted by atomic mass is 16.5. The van der Waals surface area contributed by atoms with Gasteiger partial charge in [0.05, 0.1) is 11.8 Å². The largest absolute Gasteiger partial charge is 0.481 e. The SMILES string of the molecule is CC(C)C(=O)O.CC(C)C(=O)O.CCCC(CC)(CC)C(O)(O)CC. The van der Waals surface area contributed by atoms with Crippen molar-refractivity contribution in [1.82, 2.24) is 0 Å². The molecule has 6 heteroatoms. The highest BCUT2D eigenvalue weighted by Gasteiger charge is 2.44. The number of hydrogen-bond acceptors (Lipinski definition) is 4. The summed E-state index contributed by atoms with van der Waals surface area (Å²) in [5.41, 5.74) is -0.309. The molecule has 0 unspecified atom stereocenters. The number of hydrogen-bond donors (Lipinski definition) is 4. The molecule has 152 valence electrons. The first-order valence-electron chi connectivity index (χ1n) is 9.18. The minimum Gasteiger partial charge on any atom is -0.481 e. The molecule has 0 aromatic rings. The van der Waals surface area contributed by atoms with Crippen molar-refractivity contribution in [1.29, 1.82) is 0 Å². The maximum absolute atomic E-state index is 9.92. The first kappa shape index (κ1) is 28.7. The van der Waals surface area contributed by atoms with Gasteiger partial charge in [0.25, 0.3) is 0 Å². The van der Waals surface area contributed by atoms with Gasteiger partial charge in [-0.1, -0.05) is 61.8 Å². The Labute approximate surface area is 153 Å². The first-order valence-corrected chi connectivity index (χ1v) is 9.18. The summed E-state index contributed by atoms with van der Waals surface area (Å²) in [6.45, 7) is 14.6.